The molecule has 59 heavy (non-hydrogen) atoms. The fourth-order valence-electron chi connectivity index (χ4n) is 6.70. The molecule has 0 amide bonds. The summed E-state index contributed by atoms with van der Waals surface area (Å²) in [5.74, 6) is -0.372. The Kier molecular flexibility index (Phi) is 38.0. The highest BCUT2D eigenvalue weighted by Crippen LogP contribution is 2.22. The molecule has 9 nitrogen and oxygen atoms in total. The van der Waals surface area contributed by atoms with Gasteiger partial charge in [0, 0.05) is 13.0 Å². The van der Waals surface area contributed by atoms with E-state index in [4.69, 9.17) is 18.9 Å². The maximum Gasteiger partial charge on any atom is 0.306 e. The third-order valence-electron chi connectivity index (χ3n) is 10.4. The van der Waals surface area contributed by atoms with E-state index >= 15 is 0 Å². The van der Waals surface area contributed by atoms with Crippen molar-refractivity contribution in [3.8, 4) is 0 Å². The predicted octanol–water partition coefficient (Wildman–Crippen LogP) is 10.9. The lowest BCUT2D eigenvalue weighted by molar-refractivity contribution is -0.305. The number of hydrogen-bond acceptors (Lipinski definition) is 9. The van der Waals surface area contributed by atoms with Gasteiger partial charge in [-0.2, -0.15) is 0 Å². The highest BCUT2D eigenvalue weighted by Gasteiger charge is 2.44. The molecule has 0 spiro atoms. The lowest BCUT2D eigenvalue weighted by Gasteiger charge is -2.39. The van der Waals surface area contributed by atoms with Gasteiger partial charge in [-0.25, -0.2) is 0 Å². The van der Waals surface area contributed by atoms with Crippen LogP contribution in [0, 0.1) is 0 Å². The van der Waals surface area contributed by atoms with Crippen LogP contribution >= 0.6 is 0 Å². The van der Waals surface area contributed by atoms with Crippen LogP contribution in [-0.4, -0.2) is 89.6 Å². The Morgan fingerprint density at radius 2 is 1.03 bits per heavy atom. The number of allylic oxidation sites excluding steroid dienone is 12. The Hall–Kier alpha value is -2.37. The average molecular weight is 831 g/mol. The van der Waals surface area contributed by atoms with Gasteiger partial charge in [-0.3, -0.25) is 4.79 Å². The zero-order valence-corrected chi connectivity index (χ0v) is 37.2. The van der Waals surface area contributed by atoms with Crippen molar-refractivity contribution in [3.63, 3.8) is 0 Å². The van der Waals surface area contributed by atoms with Gasteiger partial charge < -0.3 is 39.4 Å². The van der Waals surface area contributed by atoms with Gasteiger partial charge in [0.05, 0.1) is 19.8 Å². The van der Waals surface area contributed by atoms with Gasteiger partial charge in [0.15, 0.2) is 6.29 Å². The first-order chi connectivity index (χ1) is 28.9. The number of aliphatic hydroxyl groups excluding tert-OH is 4. The first-order valence-electron chi connectivity index (χ1n) is 23.5. The topological polar surface area (TPSA) is 135 Å². The van der Waals surface area contributed by atoms with Crippen molar-refractivity contribution < 1.29 is 44.2 Å². The highest BCUT2D eigenvalue weighted by atomic mass is 16.7. The van der Waals surface area contributed by atoms with Crippen LogP contribution in [0.4, 0.5) is 0 Å². The first-order valence-corrected chi connectivity index (χ1v) is 23.5. The van der Waals surface area contributed by atoms with Crippen LogP contribution in [0.3, 0.4) is 0 Å². The monoisotopic (exact) mass is 831 g/mol. The van der Waals surface area contributed by atoms with Gasteiger partial charge in [-0.05, 0) is 77.0 Å². The SMILES string of the molecule is CC/C=C\C/C=C\C/C=C\C/C=C\C/C=C\CCCC(=O)OC(COCCCCCCCCCC/C=C\CCCCCCCCC)COC1OC(CO)C(O)C(O)C1O. The quantitative estimate of drug-likeness (QED) is 0.0271. The van der Waals surface area contributed by atoms with Gasteiger partial charge in [-0.15, -0.1) is 0 Å². The summed E-state index contributed by atoms with van der Waals surface area (Å²) >= 11 is 0. The number of esters is 1. The van der Waals surface area contributed by atoms with Crippen LogP contribution in [-0.2, 0) is 23.7 Å². The Morgan fingerprint density at radius 1 is 0.559 bits per heavy atom. The first kappa shape index (κ1) is 54.6. The van der Waals surface area contributed by atoms with Gasteiger partial charge in [0.1, 0.15) is 30.5 Å². The number of carbonyl (C=O) groups excluding carboxylic acids is 1. The van der Waals surface area contributed by atoms with Crippen molar-refractivity contribution in [1.29, 1.82) is 0 Å². The van der Waals surface area contributed by atoms with Crippen LogP contribution in [0.15, 0.2) is 72.9 Å². The van der Waals surface area contributed by atoms with E-state index < -0.39 is 43.4 Å². The molecule has 1 aliphatic heterocycles. The molecule has 1 aliphatic rings. The summed E-state index contributed by atoms with van der Waals surface area (Å²) in [5.41, 5.74) is 0. The maximum absolute atomic E-state index is 12.8. The van der Waals surface area contributed by atoms with Gasteiger partial charge >= 0.3 is 5.97 Å². The summed E-state index contributed by atoms with van der Waals surface area (Å²) in [6.07, 6.45) is 46.5. The summed E-state index contributed by atoms with van der Waals surface area (Å²) in [7, 11) is 0. The molecule has 0 aromatic heterocycles. The van der Waals surface area contributed by atoms with Gasteiger partial charge in [-0.1, -0.05) is 164 Å². The Morgan fingerprint density at radius 3 is 1.58 bits per heavy atom. The van der Waals surface area contributed by atoms with E-state index in [2.05, 4.69) is 86.8 Å². The van der Waals surface area contributed by atoms with Crippen LogP contribution in [0.1, 0.15) is 174 Å². The Balaban J connectivity index is 2.29. The van der Waals surface area contributed by atoms with Crippen molar-refractivity contribution in [3.05, 3.63) is 72.9 Å². The van der Waals surface area contributed by atoms with E-state index in [-0.39, 0.29) is 25.6 Å². The molecule has 1 fully saturated rings. The van der Waals surface area contributed by atoms with E-state index in [0.29, 0.717) is 13.0 Å². The normalized spacial score (nSPS) is 20.8. The average Bonchev–Trinajstić information content (AvgIpc) is 3.24. The summed E-state index contributed by atoms with van der Waals surface area (Å²) in [5, 5.41) is 40.1. The molecule has 4 N–H and O–H groups in total. The third-order valence-corrected chi connectivity index (χ3v) is 10.4. The van der Waals surface area contributed by atoms with Crippen molar-refractivity contribution in [2.75, 3.05) is 26.4 Å². The fourth-order valence-corrected chi connectivity index (χ4v) is 6.70. The van der Waals surface area contributed by atoms with Gasteiger partial charge in [0.2, 0.25) is 0 Å². The molecule has 0 radical (unpaired) electrons. The molecule has 6 unspecified atom stereocenters. The van der Waals surface area contributed by atoms with E-state index in [0.717, 1.165) is 57.8 Å². The van der Waals surface area contributed by atoms with E-state index in [9.17, 15) is 25.2 Å². The van der Waals surface area contributed by atoms with Crippen molar-refractivity contribution in [2.24, 2.45) is 0 Å². The number of ether oxygens (including phenoxy) is 4. The summed E-state index contributed by atoms with van der Waals surface area (Å²) in [6, 6.07) is 0. The molecule has 0 aliphatic carbocycles. The molecule has 0 saturated carbocycles. The largest absolute Gasteiger partial charge is 0.457 e. The molecule has 0 aromatic rings. The Labute approximate surface area is 359 Å². The minimum absolute atomic E-state index is 0.116. The van der Waals surface area contributed by atoms with E-state index in [1.54, 1.807) is 0 Å². The molecule has 6 atom stereocenters. The predicted molar refractivity (Wildman–Crippen MR) is 242 cm³/mol. The maximum atomic E-state index is 12.8. The lowest BCUT2D eigenvalue weighted by atomic mass is 9.99. The molecule has 1 saturated heterocycles. The zero-order valence-electron chi connectivity index (χ0n) is 37.2. The third kappa shape index (κ3) is 32.1. The number of hydrogen-bond donors (Lipinski definition) is 4. The fraction of sp³-hybridized carbons (Fsp3) is 0.740. The molecule has 340 valence electrons. The molecule has 0 bridgehead atoms. The molecule has 9 heteroatoms. The molecular formula is C50H86O9. The molecule has 1 rings (SSSR count). The summed E-state index contributed by atoms with van der Waals surface area (Å²) < 4.78 is 22.8. The minimum atomic E-state index is -1.55. The number of carbonyl (C=O) groups is 1. The van der Waals surface area contributed by atoms with Crippen LogP contribution in [0.2, 0.25) is 0 Å². The van der Waals surface area contributed by atoms with Crippen molar-refractivity contribution >= 4 is 5.97 Å². The van der Waals surface area contributed by atoms with Crippen LogP contribution < -0.4 is 0 Å². The van der Waals surface area contributed by atoms with Gasteiger partial charge in [0.25, 0.3) is 0 Å². The molecule has 0 aromatic carbocycles. The summed E-state index contributed by atoms with van der Waals surface area (Å²) in [6.45, 7) is 4.36. The van der Waals surface area contributed by atoms with Crippen LogP contribution in [0.25, 0.3) is 0 Å². The van der Waals surface area contributed by atoms with Crippen LogP contribution in [0.5, 0.6) is 0 Å². The van der Waals surface area contributed by atoms with Crippen molar-refractivity contribution in [1.82, 2.24) is 0 Å². The second-order valence-electron chi connectivity index (χ2n) is 15.8. The number of unbranched alkanes of at least 4 members (excludes halogenated alkanes) is 16. The summed E-state index contributed by atoms with van der Waals surface area (Å²) in [4.78, 5) is 12.8. The zero-order chi connectivity index (χ0) is 42.9. The second kappa shape index (κ2) is 41.0. The molecular weight excluding hydrogens is 745 g/mol. The van der Waals surface area contributed by atoms with Crippen molar-refractivity contribution in [2.45, 2.75) is 211 Å². The smallest absolute Gasteiger partial charge is 0.306 e. The molecule has 1 heterocycles. The second-order valence-corrected chi connectivity index (χ2v) is 15.8. The Bertz CT molecular complexity index is 1130. The standard InChI is InChI=1S/C50H86O9/c1-3-5-7-9-11-13-15-17-19-21-22-24-26-28-30-32-34-36-38-40-56-42-44(43-57-50-49(55)48(54)47(53)45(41-51)59-50)58-46(52)39-37-35-33-31-29-27-25-23-20-18-16-14-12-10-8-6-4-2/h6,8,12,14,18-21,25,27,31,33,44-45,47-51,53-55H,3-5,7,9-11,13,15-17,22-24,26,28-30,32,34-43H2,1-2H3/b8-6-,14-12-,20-18-,21-19-,27-25-,33-31-. The minimum Gasteiger partial charge on any atom is -0.457 e. The number of aliphatic hydroxyl groups is 4. The highest BCUT2D eigenvalue weighted by molar-refractivity contribution is 5.69. The number of rotatable bonds is 39. The lowest BCUT2D eigenvalue weighted by Crippen LogP contribution is -2.59. The van der Waals surface area contributed by atoms with E-state index in [1.165, 1.54) is 89.9 Å². The van der Waals surface area contributed by atoms with E-state index in [1.807, 2.05) is 0 Å².